The second kappa shape index (κ2) is 23.9. The molecule has 0 aromatic carbocycles. The van der Waals surface area contributed by atoms with E-state index in [1.807, 2.05) is 0 Å². The van der Waals surface area contributed by atoms with Gasteiger partial charge in [0.05, 0.1) is 0 Å². The van der Waals surface area contributed by atoms with Crippen LogP contribution in [0.1, 0.15) is 27.7 Å². The SMILES string of the molecule is CC(=O)[O-].CC(=O)[O-].CC(=O)[O-].CC(=O)[O-].[Cu+4]. The third-order valence-electron chi connectivity index (χ3n) is 0. The fourth-order valence-electron chi connectivity index (χ4n) is 0. The van der Waals surface area contributed by atoms with Gasteiger partial charge in [0.15, 0.2) is 0 Å². The van der Waals surface area contributed by atoms with E-state index in [1.54, 1.807) is 0 Å². The zero-order valence-electron chi connectivity index (χ0n) is 9.57. The fraction of sp³-hybridized carbons (Fsp3) is 0.500. The minimum Gasteiger partial charge on any atom is -0.550 e. The van der Waals surface area contributed by atoms with Crippen molar-refractivity contribution in [2.24, 2.45) is 0 Å². The Labute approximate surface area is 109 Å². The van der Waals surface area contributed by atoms with Crippen LogP contribution in [0.2, 0.25) is 0 Å². The zero-order valence-corrected chi connectivity index (χ0v) is 10.5. The fourth-order valence-corrected chi connectivity index (χ4v) is 0. The van der Waals surface area contributed by atoms with Crippen LogP contribution in [0, 0.1) is 0 Å². The Kier molecular flexibility index (Phi) is 41.5. The molecule has 0 saturated heterocycles. The van der Waals surface area contributed by atoms with Crippen molar-refractivity contribution in [3.05, 3.63) is 0 Å². The van der Waals surface area contributed by atoms with Crippen molar-refractivity contribution in [3.8, 4) is 0 Å². The molecule has 17 heavy (non-hydrogen) atoms. The second-order valence-electron chi connectivity index (χ2n) is 1.97. The van der Waals surface area contributed by atoms with E-state index in [0.717, 1.165) is 27.7 Å². The number of carbonyl (C=O) groups is 4. The first-order valence-corrected chi connectivity index (χ1v) is 3.63. The van der Waals surface area contributed by atoms with E-state index in [-0.39, 0.29) is 17.1 Å². The molecular formula is C8H12CuO8. The van der Waals surface area contributed by atoms with E-state index >= 15 is 0 Å². The summed E-state index contributed by atoms with van der Waals surface area (Å²) in [6.45, 7) is 3.89. The van der Waals surface area contributed by atoms with Crippen molar-refractivity contribution >= 4 is 23.9 Å². The predicted octanol–water partition coefficient (Wildman–Crippen LogP) is -4.98. The molecule has 0 bridgehead atoms. The minimum atomic E-state index is -1.08. The Hall–Kier alpha value is -1.60. The van der Waals surface area contributed by atoms with Gasteiger partial charge in [-0.15, -0.1) is 0 Å². The summed E-state index contributed by atoms with van der Waals surface area (Å²) in [6.07, 6.45) is 0. The van der Waals surface area contributed by atoms with Crippen molar-refractivity contribution in [2.45, 2.75) is 27.7 Å². The molecule has 0 aromatic rings. The molecule has 0 aliphatic heterocycles. The molecule has 0 saturated carbocycles. The van der Waals surface area contributed by atoms with Crippen LogP contribution in [-0.2, 0) is 36.2 Å². The Balaban J connectivity index is -0.0000000369. The quantitative estimate of drug-likeness (QED) is 0.402. The summed E-state index contributed by atoms with van der Waals surface area (Å²) in [6, 6.07) is 0. The van der Waals surface area contributed by atoms with Crippen molar-refractivity contribution in [3.63, 3.8) is 0 Å². The topological polar surface area (TPSA) is 161 Å². The number of hydrogen-bond donors (Lipinski definition) is 0. The van der Waals surface area contributed by atoms with Crippen LogP contribution >= 0.6 is 0 Å². The van der Waals surface area contributed by atoms with Crippen LogP contribution < -0.4 is 20.4 Å². The molecule has 0 amide bonds. The van der Waals surface area contributed by atoms with Gasteiger partial charge in [0.2, 0.25) is 0 Å². The summed E-state index contributed by atoms with van der Waals surface area (Å²) in [5.41, 5.74) is 0. The number of carboxylic acids is 4. The van der Waals surface area contributed by atoms with Crippen LogP contribution in [0.15, 0.2) is 0 Å². The third-order valence-corrected chi connectivity index (χ3v) is 0. The molecule has 1 radical (unpaired) electrons. The first-order valence-electron chi connectivity index (χ1n) is 3.63. The summed E-state index contributed by atoms with van der Waals surface area (Å²) >= 11 is 0. The molecule has 0 spiro atoms. The molecule has 9 heteroatoms. The van der Waals surface area contributed by atoms with E-state index in [0.29, 0.717) is 0 Å². The van der Waals surface area contributed by atoms with Gasteiger partial charge in [0, 0.05) is 23.9 Å². The maximum Gasteiger partial charge on any atom is 4.00 e. The number of carbonyl (C=O) groups excluding carboxylic acids is 4. The van der Waals surface area contributed by atoms with E-state index in [2.05, 4.69) is 0 Å². The van der Waals surface area contributed by atoms with E-state index in [9.17, 15) is 0 Å². The summed E-state index contributed by atoms with van der Waals surface area (Å²) in [4.78, 5) is 35.6. The van der Waals surface area contributed by atoms with E-state index < -0.39 is 23.9 Å². The first-order chi connectivity index (χ1) is 6.93. The molecule has 0 rings (SSSR count). The summed E-state index contributed by atoms with van der Waals surface area (Å²) < 4.78 is 0. The normalized spacial score (nSPS) is 5.88. The Morgan fingerprint density at radius 2 is 0.529 bits per heavy atom. The van der Waals surface area contributed by atoms with E-state index in [4.69, 9.17) is 39.6 Å². The van der Waals surface area contributed by atoms with Crippen molar-refractivity contribution in [2.75, 3.05) is 0 Å². The van der Waals surface area contributed by atoms with E-state index in [1.165, 1.54) is 0 Å². The van der Waals surface area contributed by atoms with Crippen molar-refractivity contribution in [1.29, 1.82) is 0 Å². The van der Waals surface area contributed by atoms with Crippen LogP contribution in [-0.4, -0.2) is 23.9 Å². The van der Waals surface area contributed by atoms with Crippen LogP contribution in [0.5, 0.6) is 0 Å². The predicted molar refractivity (Wildman–Crippen MR) is 42.7 cm³/mol. The van der Waals surface area contributed by atoms with Gasteiger partial charge >= 0.3 is 17.1 Å². The van der Waals surface area contributed by atoms with Gasteiger partial charge in [0.1, 0.15) is 0 Å². The van der Waals surface area contributed by atoms with Gasteiger partial charge in [0.25, 0.3) is 0 Å². The Bertz CT molecular complexity index is 162. The minimum absolute atomic E-state index is 0. The Morgan fingerprint density at radius 1 is 0.529 bits per heavy atom. The average molecular weight is 300 g/mol. The van der Waals surface area contributed by atoms with Gasteiger partial charge in [-0.2, -0.15) is 0 Å². The third kappa shape index (κ3) is 864. The van der Waals surface area contributed by atoms with Gasteiger partial charge in [-0.25, -0.2) is 0 Å². The number of hydrogen-bond acceptors (Lipinski definition) is 8. The molecular weight excluding hydrogens is 288 g/mol. The molecule has 0 unspecified atom stereocenters. The standard InChI is InChI=1S/4C2H4O2.Cu/c4*1-2(3)4;/h4*1H3,(H,3,4);/q;;;;+4/p-4. The van der Waals surface area contributed by atoms with Gasteiger partial charge in [-0.1, -0.05) is 0 Å². The second-order valence-corrected chi connectivity index (χ2v) is 1.97. The molecule has 0 aliphatic rings. The number of rotatable bonds is 0. The molecule has 0 N–H and O–H groups in total. The van der Waals surface area contributed by atoms with Crippen LogP contribution in [0.4, 0.5) is 0 Å². The van der Waals surface area contributed by atoms with Crippen LogP contribution in [0.25, 0.3) is 0 Å². The molecule has 0 atom stereocenters. The first kappa shape index (κ1) is 29.5. The van der Waals surface area contributed by atoms with Gasteiger partial charge in [-0.05, 0) is 27.7 Å². The zero-order chi connectivity index (χ0) is 14.3. The Morgan fingerprint density at radius 3 is 0.529 bits per heavy atom. The molecule has 0 aliphatic carbocycles. The molecule has 0 aromatic heterocycles. The number of carboxylic acid groups (broad SMARTS) is 4. The average Bonchev–Trinajstić information content (AvgIpc) is 1.76. The van der Waals surface area contributed by atoms with Gasteiger partial charge < -0.3 is 39.6 Å². The van der Waals surface area contributed by atoms with Crippen molar-refractivity contribution < 1.29 is 56.7 Å². The maximum absolute atomic E-state index is 8.89. The maximum atomic E-state index is 8.89. The van der Waals surface area contributed by atoms with Crippen molar-refractivity contribution in [1.82, 2.24) is 0 Å². The molecule has 8 nitrogen and oxygen atoms in total. The molecule has 0 fully saturated rings. The number of aliphatic carboxylic acids is 4. The summed E-state index contributed by atoms with van der Waals surface area (Å²) in [5, 5.41) is 35.6. The summed E-state index contributed by atoms with van der Waals surface area (Å²) in [5.74, 6) is -4.33. The smallest absolute Gasteiger partial charge is 0.550 e. The molecule has 103 valence electrons. The monoisotopic (exact) mass is 299 g/mol. The van der Waals surface area contributed by atoms with Gasteiger partial charge in [-0.3, -0.25) is 0 Å². The summed E-state index contributed by atoms with van der Waals surface area (Å²) in [7, 11) is 0. The van der Waals surface area contributed by atoms with Crippen LogP contribution in [0.3, 0.4) is 0 Å². The molecule has 0 heterocycles. The largest absolute Gasteiger partial charge is 4.00 e.